The number of aromatic nitrogens is 1. The van der Waals surface area contributed by atoms with E-state index in [2.05, 4.69) is 4.98 Å². The van der Waals surface area contributed by atoms with Crippen LogP contribution in [0.4, 0.5) is 20.3 Å². The molecule has 4 nitrogen and oxygen atoms in total. The van der Waals surface area contributed by atoms with Gasteiger partial charge in [-0.15, -0.1) is 0 Å². The number of aliphatic hydroxyl groups excluding tert-OH is 1. The van der Waals surface area contributed by atoms with Crippen molar-refractivity contribution in [3.05, 3.63) is 17.3 Å². The van der Waals surface area contributed by atoms with Crippen molar-refractivity contribution in [3.8, 4) is 0 Å². The number of aliphatic hydroxyl groups is 1. The summed E-state index contributed by atoms with van der Waals surface area (Å²) in [6.45, 7) is -0.571. The SMILES string of the molecule is Nc1ncc(C(F)F)c(CO)c1N. The summed E-state index contributed by atoms with van der Waals surface area (Å²) >= 11 is 0. The predicted octanol–water partition coefficient (Wildman–Crippen LogP) is 0.676. The molecule has 0 aliphatic heterocycles. The Morgan fingerprint density at radius 1 is 1.46 bits per heavy atom. The summed E-state index contributed by atoms with van der Waals surface area (Å²) in [5.41, 5.74) is 10.1. The first-order valence-corrected chi connectivity index (χ1v) is 3.49. The van der Waals surface area contributed by atoms with Gasteiger partial charge >= 0.3 is 0 Å². The minimum Gasteiger partial charge on any atom is -0.395 e. The molecule has 0 aliphatic rings. The molecule has 1 rings (SSSR count). The number of halogens is 2. The van der Waals surface area contributed by atoms with E-state index in [4.69, 9.17) is 16.6 Å². The van der Waals surface area contributed by atoms with Crippen LogP contribution in [0.1, 0.15) is 17.6 Å². The van der Waals surface area contributed by atoms with E-state index in [1.807, 2.05) is 0 Å². The number of nitrogens with zero attached hydrogens (tertiary/aromatic N) is 1. The summed E-state index contributed by atoms with van der Waals surface area (Å²) in [5, 5.41) is 8.78. The molecule has 0 amide bonds. The first-order valence-electron chi connectivity index (χ1n) is 3.49. The lowest BCUT2D eigenvalue weighted by atomic mass is 10.1. The zero-order valence-corrected chi connectivity index (χ0v) is 6.67. The van der Waals surface area contributed by atoms with E-state index in [0.29, 0.717) is 0 Å². The molecule has 0 radical (unpaired) electrons. The third-order valence-corrected chi connectivity index (χ3v) is 1.69. The number of pyridine rings is 1. The minimum absolute atomic E-state index is 0.0477. The van der Waals surface area contributed by atoms with Gasteiger partial charge in [0.15, 0.2) is 0 Å². The maximum absolute atomic E-state index is 12.3. The zero-order chi connectivity index (χ0) is 10.0. The maximum Gasteiger partial charge on any atom is 0.265 e. The van der Waals surface area contributed by atoms with Gasteiger partial charge in [-0.2, -0.15) is 0 Å². The Balaban J connectivity index is 3.30. The first kappa shape index (κ1) is 9.66. The van der Waals surface area contributed by atoms with E-state index in [0.717, 1.165) is 6.20 Å². The molecule has 1 heterocycles. The largest absolute Gasteiger partial charge is 0.395 e. The summed E-state index contributed by atoms with van der Waals surface area (Å²) in [4.78, 5) is 3.47. The monoisotopic (exact) mass is 189 g/mol. The van der Waals surface area contributed by atoms with Gasteiger partial charge in [-0.3, -0.25) is 0 Å². The predicted molar refractivity (Wildman–Crippen MR) is 43.9 cm³/mol. The molecule has 0 unspecified atom stereocenters. The van der Waals surface area contributed by atoms with Crippen molar-refractivity contribution < 1.29 is 13.9 Å². The Hall–Kier alpha value is -1.43. The molecule has 0 bridgehead atoms. The lowest BCUT2D eigenvalue weighted by Crippen LogP contribution is -2.06. The fourth-order valence-electron chi connectivity index (χ4n) is 0.961. The lowest BCUT2D eigenvalue weighted by Gasteiger charge is -2.10. The van der Waals surface area contributed by atoms with Crippen LogP contribution in [0, 0.1) is 0 Å². The number of hydrogen-bond acceptors (Lipinski definition) is 4. The number of rotatable bonds is 2. The van der Waals surface area contributed by atoms with Crippen LogP contribution in [0.15, 0.2) is 6.20 Å². The van der Waals surface area contributed by atoms with Crippen LogP contribution in [-0.4, -0.2) is 10.1 Å². The smallest absolute Gasteiger partial charge is 0.265 e. The normalized spacial score (nSPS) is 10.8. The molecule has 13 heavy (non-hydrogen) atoms. The Morgan fingerprint density at radius 3 is 2.54 bits per heavy atom. The molecule has 0 spiro atoms. The van der Waals surface area contributed by atoms with Gasteiger partial charge in [-0.25, -0.2) is 13.8 Å². The van der Waals surface area contributed by atoms with E-state index in [1.54, 1.807) is 0 Å². The summed E-state index contributed by atoms with van der Waals surface area (Å²) in [6.07, 6.45) is -1.79. The highest BCUT2D eigenvalue weighted by Crippen LogP contribution is 2.28. The average Bonchev–Trinajstić information content (AvgIpc) is 2.09. The van der Waals surface area contributed by atoms with Crippen LogP contribution < -0.4 is 11.5 Å². The topological polar surface area (TPSA) is 85.2 Å². The van der Waals surface area contributed by atoms with E-state index in [1.165, 1.54) is 0 Å². The second-order valence-electron chi connectivity index (χ2n) is 2.45. The van der Waals surface area contributed by atoms with Gasteiger partial charge in [0.1, 0.15) is 5.82 Å². The van der Waals surface area contributed by atoms with Crippen LogP contribution in [-0.2, 0) is 6.61 Å². The molecule has 1 aromatic heterocycles. The highest BCUT2D eigenvalue weighted by atomic mass is 19.3. The molecule has 0 saturated heterocycles. The highest BCUT2D eigenvalue weighted by molar-refractivity contribution is 5.64. The van der Waals surface area contributed by atoms with Crippen molar-refractivity contribution in [2.75, 3.05) is 11.5 Å². The molecule has 0 fully saturated rings. The lowest BCUT2D eigenvalue weighted by molar-refractivity contribution is 0.147. The van der Waals surface area contributed by atoms with Gasteiger partial charge in [0, 0.05) is 17.3 Å². The van der Waals surface area contributed by atoms with E-state index >= 15 is 0 Å². The van der Waals surface area contributed by atoms with Gasteiger partial charge in [0.05, 0.1) is 12.3 Å². The van der Waals surface area contributed by atoms with E-state index < -0.39 is 13.0 Å². The maximum atomic E-state index is 12.3. The fourth-order valence-corrected chi connectivity index (χ4v) is 0.961. The summed E-state index contributed by atoms with van der Waals surface area (Å²) in [6, 6.07) is 0. The molecule has 72 valence electrons. The molecule has 0 saturated carbocycles. The van der Waals surface area contributed by atoms with Gasteiger partial charge < -0.3 is 16.6 Å². The van der Waals surface area contributed by atoms with Crippen LogP contribution in [0.2, 0.25) is 0 Å². The van der Waals surface area contributed by atoms with Gasteiger partial charge in [0.25, 0.3) is 6.43 Å². The van der Waals surface area contributed by atoms with Gasteiger partial charge in [-0.05, 0) is 0 Å². The van der Waals surface area contributed by atoms with Gasteiger partial charge in [0.2, 0.25) is 0 Å². The van der Waals surface area contributed by atoms with Crippen molar-refractivity contribution in [1.29, 1.82) is 0 Å². The van der Waals surface area contributed by atoms with Crippen LogP contribution in [0.3, 0.4) is 0 Å². The van der Waals surface area contributed by atoms with E-state index in [-0.39, 0.29) is 22.6 Å². The third-order valence-electron chi connectivity index (χ3n) is 1.69. The number of alkyl halides is 2. The molecule has 0 atom stereocenters. The average molecular weight is 189 g/mol. The Labute approximate surface area is 73.2 Å². The molecule has 1 aromatic rings. The molecule has 0 aromatic carbocycles. The number of hydrogen-bond donors (Lipinski definition) is 3. The molecule has 5 N–H and O–H groups in total. The Bertz CT molecular complexity index is 317. The van der Waals surface area contributed by atoms with E-state index in [9.17, 15) is 8.78 Å². The quantitative estimate of drug-likeness (QED) is 0.638. The number of nitrogen functional groups attached to an aromatic ring is 2. The molecular weight excluding hydrogens is 180 g/mol. The standard InChI is InChI=1S/C7H9F2N3O/c8-6(9)3-1-12-7(11)5(10)4(3)2-13/h1,6,13H,2,10H2,(H2,11,12). The van der Waals surface area contributed by atoms with Crippen molar-refractivity contribution in [3.63, 3.8) is 0 Å². The van der Waals surface area contributed by atoms with Crippen molar-refractivity contribution in [2.45, 2.75) is 13.0 Å². The fraction of sp³-hybridized carbons (Fsp3) is 0.286. The summed E-state index contributed by atoms with van der Waals surface area (Å²) in [5.74, 6) is -0.0477. The third kappa shape index (κ3) is 1.67. The van der Waals surface area contributed by atoms with Crippen molar-refractivity contribution in [2.24, 2.45) is 0 Å². The van der Waals surface area contributed by atoms with Crippen molar-refractivity contribution >= 4 is 11.5 Å². The summed E-state index contributed by atoms with van der Waals surface area (Å²) < 4.78 is 24.6. The molecular formula is C7H9F2N3O. The number of nitrogens with two attached hydrogens (primary N) is 2. The summed E-state index contributed by atoms with van der Waals surface area (Å²) in [7, 11) is 0. The number of anilines is 2. The van der Waals surface area contributed by atoms with Crippen molar-refractivity contribution in [1.82, 2.24) is 4.98 Å². The Morgan fingerprint density at radius 2 is 2.08 bits per heavy atom. The Kier molecular flexibility index (Phi) is 2.62. The minimum atomic E-state index is -2.71. The second kappa shape index (κ2) is 3.53. The first-order chi connectivity index (χ1) is 6.07. The van der Waals surface area contributed by atoms with Crippen LogP contribution in [0.25, 0.3) is 0 Å². The van der Waals surface area contributed by atoms with Crippen LogP contribution in [0.5, 0.6) is 0 Å². The molecule has 6 heteroatoms. The van der Waals surface area contributed by atoms with Crippen LogP contribution >= 0.6 is 0 Å². The zero-order valence-electron chi connectivity index (χ0n) is 6.67. The van der Waals surface area contributed by atoms with Gasteiger partial charge in [-0.1, -0.05) is 0 Å². The highest BCUT2D eigenvalue weighted by Gasteiger charge is 2.16. The molecule has 0 aliphatic carbocycles. The second-order valence-corrected chi connectivity index (χ2v) is 2.45.